The highest BCUT2D eigenvalue weighted by Gasteiger charge is 2.20. The molecule has 0 radical (unpaired) electrons. The van der Waals surface area contributed by atoms with Crippen LogP contribution in [0.5, 0.6) is 0 Å². The van der Waals surface area contributed by atoms with E-state index in [1.165, 1.54) is 0 Å². The van der Waals surface area contributed by atoms with Gasteiger partial charge in [-0.2, -0.15) is 15.0 Å². The summed E-state index contributed by atoms with van der Waals surface area (Å²) in [6, 6.07) is 12.7. The van der Waals surface area contributed by atoms with Crippen molar-refractivity contribution < 1.29 is 8.42 Å². The highest BCUT2D eigenvalue weighted by Crippen LogP contribution is 2.23. The van der Waals surface area contributed by atoms with Crippen LogP contribution >= 0.6 is 0 Å². The van der Waals surface area contributed by atoms with Crippen molar-refractivity contribution in [3.8, 4) is 0 Å². The molecule has 0 amide bonds. The predicted octanol–water partition coefficient (Wildman–Crippen LogP) is 2.17. The number of rotatable bonds is 6. The minimum atomic E-state index is -3.73. The zero-order valence-corrected chi connectivity index (χ0v) is 17.4. The SMILES string of the molecule is CN(C)c1nc(CNS(=O)(=O)c2cccc3ccccc23)nc(N2CCCC2)n1. The van der Waals surface area contributed by atoms with Gasteiger partial charge in [-0.05, 0) is 24.3 Å². The zero-order chi connectivity index (χ0) is 20.4. The van der Waals surface area contributed by atoms with Crippen LogP contribution in [0, 0.1) is 0 Å². The molecule has 4 rings (SSSR count). The lowest BCUT2D eigenvalue weighted by Crippen LogP contribution is -2.27. The molecule has 1 fully saturated rings. The van der Waals surface area contributed by atoms with Gasteiger partial charge in [-0.25, -0.2) is 13.1 Å². The average molecular weight is 413 g/mol. The van der Waals surface area contributed by atoms with E-state index >= 15 is 0 Å². The third-order valence-corrected chi connectivity index (χ3v) is 6.37. The first-order chi connectivity index (χ1) is 13.9. The number of nitrogens with one attached hydrogen (secondary N) is 1. The Kier molecular flexibility index (Phi) is 5.33. The van der Waals surface area contributed by atoms with Crippen LogP contribution in [0.3, 0.4) is 0 Å². The Balaban J connectivity index is 1.62. The second-order valence-corrected chi connectivity index (χ2v) is 8.98. The molecular formula is C20H24N6O2S. The Morgan fingerprint density at radius 3 is 2.48 bits per heavy atom. The van der Waals surface area contributed by atoms with Crippen LogP contribution in [-0.2, 0) is 16.6 Å². The van der Waals surface area contributed by atoms with E-state index in [0.29, 0.717) is 23.1 Å². The molecule has 0 unspecified atom stereocenters. The number of benzene rings is 2. The summed E-state index contributed by atoms with van der Waals surface area (Å²) in [6.07, 6.45) is 2.21. The molecule has 1 aliphatic rings. The molecule has 0 spiro atoms. The van der Waals surface area contributed by atoms with Crippen molar-refractivity contribution in [2.24, 2.45) is 0 Å². The Morgan fingerprint density at radius 1 is 1.00 bits per heavy atom. The molecule has 8 nitrogen and oxygen atoms in total. The van der Waals surface area contributed by atoms with Gasteiger partial charge in [-0.15, -0.1) is 0 Å². The third-order valence-electron chi connectivity index (χ3n) is 4.91. The number of hydrogen-bond acceptors (Lipinski definition) is 7. The second-order valence-electron chi connectivity index (χ2n) is 7.24. The first-order valence-corrected chi connectivity index (χ1v) is 11.1. The first kappa shape index (κ1) is 19.5. The molecule has 3 aromatic rings. The lowest BCUT2D eigenvalue weighted by atomic mass is 10.1. The lowest BCUT2D eigenvalue weighted by molar-refractivity contribution is 0.579. The van der Waals surface area contributed by atoms with E-state index in [9.17, 15) is 8.42 Å². The van der Waals surface area contributed by atoms with Crippen molar-refractivity contribution in [1.82, 2.24) is 19.7 Å². The van der Waals surface area contributed by atoms with E-state index in [0.717, 1.165) is 31.3 Å². The van der Waals surface area contributed by atoms with Gasteiger partial charge in [0.15, 0.2) is 5.82 Å². The van der Waals surface area contributed by atoms with E-state index in [-0.39, 0.29) is 11.4 Å². The van der Waals surface area contributed by atoms with Crippen molar-refractivity contribution in [2.75, 3.05) is 37.0 Å². The minimum Gasteiger partial charge on any atom is -0.347 e. The Labute approximate surface area is 170 Å². The molecule has 0 aliphatic carbocycles. The maximum absolute atomic E-state index is 13.0. The van der Waals surface area contributed by atoms with Crippen molar-refractivity contribution in [3.63, 3.8) is 0 Å². The average Bonchev–Trinajstić information content (AvgIpc) is 3.26. The molecule has 9 heteroatoms. The summed E-state index contributed by atoms with van der Waals surface area (Å²) in [5.41, 5.74) is 0. The maximum atomic E-state index is 13.0. The summed E-state index contributed by atoms with van der Waals surface area (Å²) in [5, 5.41) is 1.56. The molecule has 152 valence electrons. The third kappa shape index (κ3) is 4.15. The van der Waals surface area contributed by atoms with E-state index in [2.05, 4.69) is 24.6 Å². The van der Waals surface area contributed by atoms with Gasteiger partial charge in [0.25, 0.3) is 0 Å². The summed E-state index contributed by atoms with van der Waals surface area (Å²) in [5.74, 6) is 1.51. The smallest absolute Gasteiger partial charge is 0.241 e. The fourth-order valence-corrected chi connectivity index (χ4v) is 4.61. The van der Waals surface area contributed by atoms with Crippen LogP contribution < -0.4 is 14.5 Å². The van der Waals surface area contributed by atoms with Crippen LogP contribution in [-0.4, -0.2) is 50.6 Å². The van der Waals surface area contributed by atoms with Gasteiger partial charge in [0.05, 0.1) is 11.4 Å². The van der Waals surface area contributed by atoms with Gasteiger partial charge in [0, 0.05) is 32.6 Å². The Morgan fingerprint density at radius 2 is 1.72 bits per heavy atom. The monoisotopic (exact) mass is 412 g/mol. The first-order valence-electron chi connectivity index (χ1n) is 9.59. The number of aromatic nitrogens is 3. The maximum Gasteiger partial charge on any atom is 0.241 e. The van der Waals surface area contributed by atoms with E-state index in [4.69, 9.17) is 0 Å². The highest BCUT2D eigenvalue weighted by molar-refractivity contribution is 7.89. The molecule has 0 bridgehead atoms. The number of nitrogens with zero attached hydrogens (tertiary/aromatic N) is 5. The molecule has 1 N–H and O–H groups in total. The summed E-state index contributed by atoms with van der Waals surface area (Å²) >= 11 is 0. The Bertz CT molecular complexity index is 1120. The van der Waals surface area contributed by atoms with Gasteiger partial charge in [-0.1, -0.05) is 36.4 Å². The van der Waals surface area contributed by atoms with Gasteiger partial charge in [-0.3, -0.25) is 0 Å². The Hall–Kier alpha value is -2.78. The summed E-state index contributed by atoms with van der Waals surface area (Å²) in [4.78, 5) is 17.6. The van der Waals surface area contributed by atoms with Crippen LogP contribution in [0.25, 0.3) is 10.8 Å². The number of hydrogen-bond donors (Lipinski definition) is 1. The van der Waals surface area contributed by atoms with Crippen molar-refractivity contribution >= 4 is 32.7 Å². The van der Waals surface area contributed by atoms with Crippen molar-refractivity contribution in [2.45, 2.75) is 24.3 Å². The van der Waals surface area contributed by atoms with Crippen LogP contribution in [0.15, 0.2) is 47.4 Å². The zero-order valence-electron chi connectivity index (χ0n) is 16.5. The summed E-state index contributed by atoms with van der Waals surface area (Å²) in [7, 11) is -0.0190. The topological polar surface area (TPSA) is 91.3 Å². The van der Waals surface area contributed by atoms with E-state index in [1.807, 2.05) is 44.4 Å². The molecule has 2 aromatic carbocycles. The largest absolute Gasteiger partial charge is 0.347 e. The lowest BCUT2D eigenvalue weighted by Gasteiger charge is -2.19. The fourth-order valence-electron chi connectivity index (χ4n) is 3.40. The molecule has 29 heavy (non-hydrogen) atoms. The minimum absolute atomic E-state index is 0.00421. The standard InChI is InChI=1S/C20H24N6O2S/c1-25(2)19-22-18(23-20(24-19)26-12-5-6-13-26)14-21-29(27,28)17-11-7-9-15-8-3-4-10-16(15)17/h3-4,7-11,21H,5-6,12-14H2,1-2H3. The second kappa shape index (κ2) is 7.92. The fraction of sp³-hybridized carbons (Fsp3) is 0.350. The quantitative estimate of drug-likeness (QED) is 0.663. The van der Waals surface area contributed by atoms with Crippen LogP contribution in [0.1, 0.15) is 18.7 Å². The molecule has 1 saturated heterocycles. The van der Waals surface area contributed by atoms with Crippen LogP contribution in [0.4, 0.5) is 11.9 Å². The van der Waals surface area contributed by atoms with E-state index in [1.54, 1.807) is 17.0 Å². The van der Waals surface area contributed by atoms with Gasteiger partial charge < -0.3 is 9.80 Å². The van der Waals surface area contributed by atoms with Gasteiger partial charge in [0.1, 0.15) is 0 Å². The molecule has 0 atom stereocenters. The summed E-state index contributed by atoms with van der Waals surface area (Å²) < 4.78 is 28.6. The van der Waals surface area contributed by atoms with Crippen LogP contribution in [0.2, 0.25) is 0 Å². The number of anilines is 2. The van der Waals surface area contributed by atoms with Crippen molar-refractivity contribution in [1.29, 1.82) is 0 Å². The molecule has 0 saturated carbocycles. The predicted molar refractivity (Wildman–Crippen MR) is 114 cm³/mol. The highest BCUT2D eigenvalue weighted by atomic mass is 32.2. The normalized spacial score (nSPS) is 14.5. The molecule has 1 aliphatic heterocycles. The molecule has 2 heterocycles. The number of sulfonamides is 1. The van der Waals surface area contributed by atoms with Crippen molar-refractivity contribution in [3.05, 3.63) is 48.3 Å². The summed E-state index contributed by atoms with van der Waals surface area (Å²) in [6.45, 7) is 1.80. The van der Waals surface area contributed by atoms with E-state index < -0.39 is 10.0 Å². The molecular weight excluding hydrogens is 388 g/mol. The number of fused-ring (bicyclic) bond motifs is 1. The van der Waals surface area contributed by atoms with Gasteiger partial charge in [0.2, 0.25) is 21.9 Å². The molecule has 1 aromatic heterocycles. The van der Waals surface area contributed by atoms with Gasteiger partial charge >= 0.3 is 0 Å².